The van der Waals surface area contributed by atoms with Crippen LogP contribution in [0.25, 0.3) is 0 Å². The maximum Gasteiger partial charge on any atom is 0.142 e. The van der Waals surface area contributed by atoms with Gasteiger partial charge in [-0.05, 0) is 43.4 Å². The predicted octanol–water partition coefficient (Wildman–Crippen LogP) is 4.55. The van der Waals surface area contributed by atoms with Crippen molar-refractivity contribution < 1.29 is 4.74 Å². The van der Waals surface area contributed by atoms with Crippen molar-refractivity contribution in [1.29, 1.82) is 0 Å². The molecule has 0 aliphatic rings. The van der Waals surface area contributed by atoms with Crippen LogP contribution in [0.15, 0.2) is 24.8 Å². The monoisotopic (exact) mass is 310 g/mol. The van der Waals surface area contributed by atoms with Crippen LogP contribution >= 0.6 is 11.6 Å². The average Bonchev–Trinajstić information content (AvgIpc) is 2.46. The lowest BCUT2D eigenvalue weighted by molar-refractivity contribution is 0.414. The zero-order valence-corrected chi connectivity index (χ0v) is 13.9. The molecule has 1 atom stereocenters. The zero-order valence-electron chi connectivity index (χ0n) is 13.1. The number of hydrogen-bond donors (Lipinski definition) is 2. The molecule has 0 fully saturated rings. The fourth-order valence-corrected chi connectivity index (χ4v) is 2.62. The summed E-state index contributed by atoms with van der Waals surface area (Å²) in [6.45, 7) is 6.71. The Bertz CT molecular complexity index is 449. The minimum Gasteiger partial charge on any atom is -0.495 e. The standard InChI is InChI=1S/C17H27ClN2O/c1-4-6-7-9-14(8-5-2)20-12-13-10-17(21-3)16(19)11-15(13)18/h4,10-11,14,20H,1,5-9,12,19H2,2-3H3. The SMILES string of the molecule is C=CCCCC(CCC)NCc1cc(OC)c(N)cc1Cl. The molecule has 1 aromatic carbocycles. The number of ether oxygens (including phenoxy) is 1. The van der Waals surface area contributed by atoms with E-state index in [0.29, 0.717) is 22.5 Å². The summed E-state index contributed by atoms with van der Waals surface area (Å²) in [4.78, 5) is 0. The molecule has 1 unspecified atom stereocenters. The van der Waals surface area contributed by atoms with Crippen molar-refractivity contribution in [3.63, 3.8) is 0 Å². The van der Waals surface area contributed by atoms with Crippen molar-refractivity contribution >= 4 is 17.3 Å². The molecular formula is C17H27ClN2O. The fourth-order valence-electron chi connectivity index (χ4n) is 2.38. The van der Waals surface area contributed by atoms with Gasteiger partial charge in [0.2, 0.25) is 0 Å². The first-order valence-electron chi connectivity index (χ1n) is 7.58. The van der Waals surface area contributed by atoms with Crippen molar-refractivity contribution in [1.82, 2.24) is 5.32 Å². The van der Waals surface area contributed by atoms with E-state index in [1.807, 2.05) is 12.1 Å². The van der Waals surface area contributed by atoms with Crippen LogP contribution < -0.4 is 15.8 Å². The summed E-state index contributed by atoms with van der Waals surface area (Å²) >= 11 is 6.26. The van der Waals surface area contributed by atoms with Gasteiger partial charge in [0.25, 0.3) is 0 Å². The Morgan fingerprint density at radius 3 is 2.81 bits per heavy atom. The van der Waals surface area contributed by atoms with Crippen molar-refractivity contribution in [2.75, 3.05) is 12.8 Å². The number of nitrogens with one attached hydrogen (secondary N) is 1. The highest BCUT2D eigenvalue weighted by Gasteiger charge is 2.10. The van der Waals surface area contributed by atoms with Gasteiger partial charge in [-0.1, -0.05) is 31.0 Å². The van der Waals surface area contributed by atoms with Crippen LogP contribution in [-0.4, -0.2) is 13.2 Å². The van der Waals surface area contributed by atoms with Gasteiger partial charge in [0.15, 0.2) is 0 Å². The Labute approximate surface area is 133 Å². The first-order chi connectivity index (χ1) is 10.1. The number of benzene rings is 1. The molecule has 0 aliphatic carbocycles. The van der Waals surface area contributed by atoms with Crippen LogP contribution in [-0.2, 0) is 6.54 Å². The molecule has 4 heteroatoms. The van der Waals surface area contributed by atoms with Gasteiger partial charge >= 0.3 is 0 Å². The van der Waals surface area contributed by atoms with Crippen molar-refractivity contribution in [3.05, 3.63) is 35.4 Å². The van der Waals surface area contributed by atoms with Crippen molar-refractivity contribution in [3.8, 4) is 5.75 Å². The van der Waals surface area contributed by atoms with Crippen LogP contribution in [0.5, 0.6) is 5.75 Å². The number of rotatable bonds is 10. The molecule has 0 aromatic heterocycles. The largest absolute Gasteiger partial charge is 0.495 e. The highest BCUT2D eigenvalue weighted by Crippen LogP contribution is 2.29. The van der Waals surface area contributed by atoms with Gasteiger partial charge in [0.1, 0.15) is 5.75 Å². The van der Waals surface area contributed by atoms with E-state index < -0.39 is 0 Å². The molecule has 0 amide bonds. The lowest BCUT2D eigenvalue weighted by Gasteiger charge is -2.19. The lowest BCUT2D eigenvalue weighted by atomic mass is 10.0. The van der Waals surface area contributed by atoms with E-state index in [1.54, 1.807) is 13.2 Å². The van der Waals surface area contributed by atoms with Crippen LogP contribution in [0.4, 0.5) is 5.69 Å². The Kier molecular flexibility index (Phi) is 8.24. The Morgan fingerprint density at radius 2 is 2.19 bits per heavy atom. The van der Waals surface area contributed by atoms with E-state index in [0.717, 1.165) is 24.9 Å². The third kappa shape index (κ3) is 5.98. The third-order valence-electron chi connectivity index (χ3n) is 3.58. The van der Waals surface area contributed by atoms with E-state index in [2.05, 4.69) is 18.8 Å². The molecule has 1 rings (SSSR count). The summed E-state index contributed by atoms with van der Waals surface area (Å²) in [5.74, 6) is 0.676. The second-order valence-electron chi connectivity index (χ2n) is 5.27. The van der Waals surface area contributed by atoms with Crippen LogP contribution in [0.2, 0.25) is 5.02 Å². The number of methoxy groups -OCH3 is 1. The number of allylic oxidation sites excluding steroid dienone is 1. The summed E-state index contributed by atoms with van der Waals surface area (Å²) < 4.78 is 5.25. The predicted molar refractivity (Wildman–Crippen MR) is 92.0 cm³/mol. The third-order valence-corrected chi connectivity index (χ3v) is 3.93. The van der Waals surface area contributed by atoms with E-state index in [4.69, 9.17) is 22.1 Å². The van der Waals surface area contributed by atoms with Crippen LogP contribution in [0, 0.1) is 0 Å². The zero-order chi connectivity index (χ0) is 15.7. The molecule has 3 nitrogen and oxygen atoms in total. The summed E-state index contributed by atoms with van der Waals surface area (Å²) in [6.07, 6.45) is 7.71. The first kappa shape index (κ1) is 17.9. The van der Waals surface area contributed by atoms with Gasteiger partial charge in [0.05, 0.1) is 12.8 Å². The van der Waals surface area contributed by atoms with Crippen LogP contribution in [0.1, 0.15) is 44.6 Å². The molecule has 0 saturated carbocycles. The number of halogens is 1. The second-order valence-corrected chi connectivity index (χ2v) is 5.68. The Hall–Kier alpha value is -1.19. The summed E-state index contributed by atoms with van der Waals surface area (Å²) in [5.41, 5.74) is 7.44. The fraction of sp³-hybridized carbons (Fsp3) is 0.529. The Morgan fingerprint density at radius 1 is 1.43 bits per heavy atom. The van der Waals surface area contributed by atoms with E-state index in [9.17, 15) is 0 Å². The lowest BCUT2D eigenvalue weighted by Crippen LogP contribution is -2.28. The van der Waals surface area contributed by atoms with E-state index in [-0.39, 0.29) is 0 Å². The molecule has 0 heterocycles. The molecule has 0 aliphatic heterocycles. The smallest absolute Gasteiger partial charge is 0.142 e. The second kappa shape index (κ2) is 9.69. The number of nitrogen functional groups attached to an aromatic ring is 1. The summed E-state index contributed by atoms with van der Waals surface area (Å²) in [6, 6.07) is 4.18. The quantitative estimate of drug-likeness (QED) is 0.379. The Balaban J connectivity index is 2.63. The molecule has 3 N–H and O–H groups in total. The van der Waals surface area contributed by atoms with Crippen molar-refractivity contribution in [2.24, 2.45) is 0 Å². The van der Waals surface area contributed by atoms with Crippen LogP contribution in [0.3, 0.4) is 0 Å². The summed E-state index contributed by atoms with van der Waals surface area (Å²) in [5, 5.41) is 4.27. The van der Waals surface area contributed by atoms with E-state index in [1.165, 1.54) is 19.3 Å². The number of nitrogens with two attached hydrogens (primary N) is 1. The van der Waals surface area contributed by atoms with Gasteiger partial charge < -0.3 is 15.8 Å². The van der Waals surface area contributed by atoms with Gasteiger partial charge in [-0.25, -0.2) is 0 Å². The molecule has 21 heavy (non-hydrogen) atoms. The maximum atomic E-state index is 6.26. The van der Waals surface area contributed by atoms with Gasteiger partial charge in [-0.2, -0.15) is 0 Å². The average molecular weight is 311 g/mol. The minimum absolute atomic E-state index is 0.509. The molecule has 118 valence electrons. The number of unbranched alkanes of at least 4 members (excludes halogenated alkanes) is 1. The summed E-state index contributed by atoms with van der Waals surface area (Å²) in [7, 11) is 1.62. The maximum absolute atomic E-state index is 6.26. The number of hydrogen-bond acceptors (Lipinski definition) is 3. The first-order valence-corrected chi connectivity index (χ1v) is 7.96. The minimum atomic E-state index is 0.509. The highest BCUT2D eigenvalue weighted by atomic mass is 35.5. The van der Waals surface area contributed by atoms with Crippen molar-refractivity contribution in [2.45, 2.75) is 51.6 Å². The molecule has 0 saturated heterocycles. The topological polar surface area (TPSA) is 47.3 Å². The molecule has 0 bridgehead atoms. The normalized spacial score (nSPS) is 12.1. The molecule has 0 radical (unpaired) electrons. The molecule has 1 aromatic rings. The molecule has 0 spiro atoms. The van der Waals surface area contributed by atoms with Gasteiger partial charge in [-0.3, -0.25) is 0 Å². The van der Waals surface area contributed by atoms with E-state index >= 15 is 0 Å². The van der Waals surface area contributed by atoms with Gasteiger partial charge in [-0.15, -0.1) is 6.58 Å². The highest BCUT2D eigenvalue weighted by molar-refractivity contribution is 6.31. The number of anilines is 1. The molecular weight excluding hydrogens is 284 g/mol. The van der Waals surface area contributed by atoms with Gasteiger partial charge in [0, 0.05) is 17.6 Å².